The van der Waals surface area contributed by atoms with E-state index in [0.717, 1.165) is 6.07 Å². The standard InChI is InChI=1S/C23H22BrF3N4O2/c1-12-10-31(11-13(2)29-12)20-6-4-15(8-19(20)23(25,26)27)28-9-18-17-7-14(24)3-5-16(17)21(32)30-22(18)33/h3-9,12-13,28-29H,10-11H2,1-2H3,(H,30,32,33)/t12-,13+. The Hall–Kier alpha value is -2.85. The molecule has 4 rings (SSSR count). The predicted octanol–water partition coefficient (Wildman–Crippen LogP) is 4.38. The van der Waals surface area contributed by atoms with Crippen molar-refractivity contribution in [1.29, 1.82) is 0 Å². The van der Waals surface area contributed by atoms with E-state index in [1.807, 2.05) is 13.8 Å². The Kier molecular flexibility index (Phi) is 6.24. The van der Waals surface area contributed by atoms with Crippen molar-refractivity contribution < 1.29 is 22.8 Å². The molecule has 1 saturated heterocycles. The van der Waals surface area contributed by atoms with Crippen LogP contribution < -0.4 is 20.9 Å². The monoisotopic (exact) mass is 522 g/mol. The van der Waals surface area contributed by atoms with Crippen LogP contribution in [0, 0.1) is 0 Å². The van der Waals surface area contributed by atoms with E-state index in [2.05, 4.69) is 31.9 Å². The van der Waals surface area contributed by atoms with Crippen LogP contribution in [-0.2, 0) is 11.0 Å². The summed E-state index contributed by atoms with van der Waals surface area (Å²) < 4.78 is 42.4. The van der Waals surface area contributed by atoms with Gasteiger partial charge in [0.15, 0.2) is 0 Å². The fourth-order valence-electron chi connectivity index (χ4n) is 4.25. The second-order valence-electron chi connectivity index (χ2n) is 8.28. The van der Waals surface area contributed by atoms with Gasteiger partial charge in [0.1, 0.15) is 0 Å². The van der Waals surface area contributed by atoms with Crippen molar-refractivity contribution in [3.05, 3.63) is 63.8 Å². The molecular weight excluding hydrogens is 501 g/mol. The third-order valence-corrected chi connectivity index (χ3v) is 6.06. The van der Waals surface area contributed by atoms with Gasteiger partial charge < -0.3 is 15.5 Å². The highest BCUT2D eigenvalue weighted by molar-refractivity contribution is 9.10. The maximum absolute atomic E-state index is 13.9. The molecule has 2 aliphatic rings. The summed E-state index contributed by atoms with van der Waals surface area (Å²) in [5.41, 5.74) is 0.389. The number of benzene rings is 2. The Balaban J connectivity index is 1.68. The second kappa shape index (κ2) is 8.83. The number of hydrogen-bond acceptors (Lipinski definition) is 5. The number of hydrogen-bond donors (Lipinski definition) is 3. The zero-order valence-corrected chi connectivity index (χ0v) is 19.5. The lowest BCUT2D eigenvalue weighted by molar-refractivity contribution is -0.137. The largest absolute Gasteiger partial charge is 0.418 e. The van der Waals surface area contributed by atoms with Crippen LogP contribution in [0.25, 0.3) is 5.57 Å². The van der Waals surface area contributed by atoms with Crippen LogP contribution in [0.5, 0.6) is 0 Å². The molecule has 2 aromatic carbocycles. The number of amides is 2. The van der Waals surface area contributed by atoms with E-state index < -0.39 is 23.6 Å². The molecule has 1 fully saturated rings. The lowest BCUT2D eigenvalue weighted by atomic mass is 9.95. The third kappa shape index (κ3) is 4.91. The molecule has 0 unspecified atom stereocenters. The van der Waals surface area contributed by atoms with E-state index in [9.17, 15) is 22.8 Å². The Morgan fingerprint density at radius 1 is 1.03 bits per heavy atom. The number of alkyl halides is 3. The number of fused-ring (bicyclic) bond motifs is 1. The average Bonchev–Trinajstić information content (AvgIpc) is 2.72. The van der Waals surface area contributed by atoms with Crippen molar-refractivity contribution in [2.45, 2.75) is 32.1 Å². The molecule has 10 heteroatoms. The molecule has 0 spiro atoms. The smallest absolute Gasteiger partial charge is 0.368 e. The first kappa shape index (κ1) is 23.3. The topological polar surface area (TPSA) is 73.5 Å². The fraction of sp³-hybridized carbons (Fsp3) is 0.304. The number of carbonyl (C=O) groups excluding carboxylic acids is 2. The summed E-state index contributed by atoms with van der Waals surface area (Å²) in [5, 5.41) is 8.36. The number of nitrogens with one attached hydrogen (secondary N) is 3. The molecule has 0 aromatic heterocycles. The Morgan fingerprint density at radius 3 is 2.39 bits per heavy atom. The highest BCUT2D eigenvalue weighted by Gasteiger charge is 2.36. The van der Waals surface area contributed by atoms with Gasteiger partial charge >= 0.3 is 6.18 Å². The Labute approximate surface area is 197 Å². The minimum atomic E-state index is -4.55. The van der Waals surface area contributed by atoms with Crippen molar-refractivity contribution in [3.8, 4) is 0 Å². The molecule has 3 N–H and O–H groups in total. The molecule has 2 atom stereocenters. The van der Waals surface area contributed by atoms with Gasteiger partial charge in [-0.3, -0.25) is 14.9 Å². The van der Waals surface area contributed by atoms with Crippen LogP contribution in [0.4, 0.5) is 24.5 Å². The molecule has 33 heavy (non-hydrogen) atoms. The first-order valence-electron chi connectivity index (χ1n) is 10.4. The second-order valence-corrected chi connectivity index (χ2v) is 9.19. The number of nitrogens with zero attached hydrogens (tertiary/aromatic N) is 1. The van der Waals surface area contributed by atoms with Gasteiger partial charge in [0.25, 0.3) is 11.8 Å². The lowest BCUT2D eigenvalue weighted by Crippen LogP contribution is -2.54. The number of anilines is 2. The van der Waals surface area contributed by atoms with Gasteiger partial charge in [-0.25, -0.2) is 0 Å². The Bertz CT molecular complexity index is 1140. The van der Waals surface area contributed by atoms with Gasteiger partial charge in [0.05, 0.1) is 11.1 Å². The molecule has 0 saturated carbocycles. The van der Waals surface area contributed by atoms with Gasteiger partial charge in [0, 0.05) is 58.3 Å². The predicted molar refractivity (Wildman–Crippen MR) is 124 cm³/mol. The summed E-state index contributed by atoms with van der Waals surface area (Å²) in [7, 11) is 0. The van der Waals surface area contributed by atoms with Crippen LogP contribution in [0.15, 0.2) is 47.1 Å². The summed E-state index contributed by atoms with van der Waals surface area (Å²) in [6.07, 6.45) is -3.24. The van der Waals surface area contributed by atoms with Crippen molar-refractivity contribution in [1.82, 2.24) is 10.6 Å². The zero-order chi connectivity index (χ0) is 23.9. The summed E-state index contributed by atoms with van der Waals surface area (Å²) in [6.45, 7) is 4.80. The lowest BCUT2D eigenvalue weighted by Gasteiger charge is -2.38. The van der Waals surface area contributed by atoms with Gasteiger partial charge in [-0.2, -0.15) is 13.2 Å². The maximum Gasteiger partial charge on any atom is 0.418 e. The van der Waals surface area contributed by atoms with Crippen LogP contribution in [0.2, 0.25) is 0 Å². The van der Waals surface area contributed by atoms with Crippen molar-refractivity contribution in [2.75, 3.05) is 23.3 Å². The molecular formula is C23H22BrF3N4O2. The van der Waals surface area contributed by atoms with Gasteiger partial charge in [-0.1, -0.05) is 15.9 Å². The number of carbonyl (C=O) groups is 2. The van der Waals surface area contributed by atoms with Gasteiger partial charge in [-0.15, -0.1) is 0 Å². The quantitative estimate of drug-likeness (QED) is 0.412. The molecule has 0 radical (unpaired) electrons. The van der Waals surface area contributed by atoms with E-state index in [1.54, 1.807) is 29.2 Å². The number of halogens is 4. The molecule has 2 aliphatic heterocycles. The molecule has 6 nitrogen and oxygen atoms in total. The van der Waals surface area contributed by atoms with E-state index in [0.29, 0.717) is 28.7 Å². The highest BCUT2D eigenvalue weighted by atomic mass is 79.9. The summed E-state index contributed by atoms with van der Waals surface area (Å²) >= 11 is 3.31. The SMILES string of the molecule is C[C@@H]1CN(c2ccc(NC=C3C(=O)NC(=O)c4ccc(Br)cc43)cc2C(F)(F)F)C[C@H](C)N1. The molecule has 174 valence electrons. The molecule has 0 aliphatic carbocycles. The molecule has 0 bridgehead atoms. The minimum Gasteiger partial charge on any atom is -0.368 e. The van der Waals surface area contributed by atoms with Crippen LogP contribution in [0.3, 0.4) is 0 Å². The number of imide groups is 1. The summed E-state index contributed by atoms with van der Waals surface area (Å²) in [6, 6.07) is 9.02. The Morgan fingerprint density at radius 2 is 1.73 bits per heavy atom. The minimum absolute atomic E-state index is 0.0595. The maximum atomic E-state index is 13.9. The number of rotatable bonds is 3. The highest BCUT2D eigenvalue weighted by Crippen LogP contribution is 2.39. The summed E-state index contributed by atoms with van der Waals surface area (Å²) in [4.78, 5) is 26.2. The molecule has 2 aromatic rings. The third-order valence-electron chi connectivity index (χ3n) is 5.57. The van der Waals surface area contributed by atoms with E-state index >= 15 is 0 Å². The van der Waals surface area contributed by atoms with Crippen LogP contribution >= 0.6 is 15.9 Å². The van der Waals surface area contributed by atoms with Gasteiger partial charge in [-0.05, 0) is 50.2 Å². The van der Waals surface area contributed by atoms with Crippen LogP contribution in [0.1, 0.15) is 35.3 Å². The average molecular weight is 523 g/mol. The van der Waals surface area contributed by atoms with Crippen LogP contribution in [-0.4, -0.2) is 37.0 Å². The molecule has 2 amide bonds. The summed E-state index contributed by atoms with van der Waals surface area (Å²) in [5.74, 6) is -1.16. The number of piperazine rings is 1. The molecule has 2 heterocycles. The van der Waals surface area contributed by atoms with Gasteiger partial charge in [0.2, 0.25) is 0 Å². The van der Waals surface area contributed by atoms with Crippen molar-refractivity contribution in [3.63, 3.8) is 0 Å². The zero-order valence-electron chi connectivity index (χ0n) is 17.9. The normalized spacial score (nSPS) is 22.2. The first-order valence-corrected chi connectivity index (χ1v) is 11.2. The first-order chi connectivity index (χ1) is 15.5. The van der Waals surface area contributed by atoms with E-state index in [-0.39, 0.29) is 29.0 Å². The fourth-order valence-corrected chi connectivity index (χ4v) is 4.61. The van der Waals surface area contributed by atoms with Crippen molar-refractivity contribution in [2.24, 2.45) is 0 Å². The van der Waals surface area contributed by atoms with Crippen molar-refractivity contribution >= 4 is 44.7 Å². The van der Waals surface area contributed by atoms with E-state index in [4.69, 9.17) is 0 Å². The van der Waals surface area contributed by atoms with E-state index in [1.165, 1.54) is 12.3 Å².